The lowest BCUT2D eigenvalue weighted by molar-refractivity contribution is 0.414. The molecular weight excluding hydrogens is 406 g/mol. The molecule has 0 radical (unpaired) electrons. The van der Waals surface area contributed by atoms with Gasteiger partial charge in [-0.15, -0.1) is 11.8 Å². The number of hydrogen-bond acceptors (Lipinski definition) is 6. The van der Waals surface area contributed by atoms with Crippen molar-refractivity contribution in [3.8, 4) is 11.6 Å². The standard InChI is InChI=1S/C21H19N3O3S2/c1-24-20(26)18(19(25)23-21(24)28)15-11-17(12-7-9-13(27-2)10-8-12)29-16-6-4-3-5-14(16)22-15/h3-10,17,26H,11H2,1-2H3,(H,23,25,28)/t17-/m0/s1. The van der Waals surface area contributed by atoms with Crippen LogP contribution in [0, 0.1) is 4.77 Å². The van der Waals surface area contributed by atoms with Crippen LogP contribution < -0.4 is 10.3 Å². The first-order chi connectivity index (χ1) is 14.0. The Hall–Kier alpha value is -2.84. The third kappa shape index (κ3) is 3.73. The highest BCUT2D eigenvalue weighted by molar-refractivity contribution is 7.99. The van der Waals surface area contributed by atoms with Crippen molar-refractivity contribution in [1.82, 2.24) is 9.55 Å². The molecule has 1 aliphatic heterocycles. The summed E-state index contributed by atoms with van der Waals surface area (Å²) in [5.74, 6) is 0.596. The minimum atomic E-state index is -0.442. The van der Waals surface area contributed by atoms with Crippen molar-refractivity contribution in [1.29, 1.82) is 0 Å². The maximum atomic E-state index is 12.7. The molecule has 0 bridgehead atoms. The number of aromatic amines is 1. The second-order valence-corrected chi connectivity index (χ2v) is 8.26. The highest BCUT2D eigenvalue weighted by Crippen LogP contribution is 2.45. The number of aromatic nitrogens is 2. The SMILES string of the molecule is COc1ccc([C@@H]2CC(c3c(O)n(C)c(=S)[nH]c3=O)=Nc3ccccc3S2)cc1. The van der Waals surface area contributed by atoms with Crippen LogP contribution in [0.4, 0.5) is 5.69 Å². The first kappa shape index (κ1) is 19.5. The van der Waals surface area contributed by atoms with Gasteiger partial charge in [-0.3, -0.25) is 19.3 Å². The summed E-state index contributed by atoms with van der Waals surface area (Å²) < 4.78 is 6.80. The number of rotatable bonds is 3. The predicted molar refractivity (Wildman–Crippen MR) is 117 cm³/mol. The summed E-state index contributed by atoms with van der Waals surface area (Å²) in [6, 6.07) is 15.7. The molecule has 0 aliphatic carbocycles. The van der Waals surface area contributed by atoms with Gasteiger partial charge in [-0.25, -0.2) is 0 Å². The first-order valence-electron chi connectivity index (χ1n) is 8.97. The average Bonchev–Trinajstić information content (AvgIpc) is 2.92. The van der Waals surface area contributed by atoms with Crippen LogP contribution in [-0.4, -0.2) is 27.5 Å². The third-order valence-corrected chi connectivity index (χ3v) is 6.54. The van der Waals surface area contributed by atoms with Gasteiger partial charge in [-0.1, -0.05) is 24.3 Å². The summed E-state index contributed by atoms with van der Waals surface area (Å²) in [4.78, 5) is 21.1. The Labute approximate surface area is 176 Å². The van der Waals surface area contributed by atoms with Gasteiger partial charge in [0.05, 0.1) is 18.5 Å². The van der Waals surface area contributed by atoms with E-state index in [4.69, 9.17) is 21.9 Å². The molecule has 2 N–H and O–H groups in total. The Bertz CT molecular complexity index is 1210. The number of fused-ring (bicyclic) bond motifs is 1. The van der Waals surface area contributed by atoms with E-state index >= 15 is 0 Å². The average molecular weight is 426 g/mol. The number of hydrogen-bond donors (Lipinski definition) is 2. The van der Waals surface area contributed by atoms with Gasteiger partial charge in [0, 0.05) is 23.6 Å². The molecule has 1 atom stereocenters. The minimum Gasteiger partial charge on any atom is -0.497 e. The van der Waals surface area contributed by atoms with E-state index in [1.807, 2.05) is 48.5 Å². The van der Waals surface area contributed by atoms with Gasteiger partial charge in [0.25, 0.3) is 5.56 Å². The van der Waals surface area contributed by atoms with Crippen molar-refractivity contribution in [2.24, 2.45) is 12.0 Å². The summed E-state index contributed by atoms with van der Waals surface area (Å²) >= 11 is 6.78. The van der Waals surface area contributed by atoms with Crippen LogP contribution in [0.2, 0.25) is 0 Å². The predicted octanol–water partition coefficient (Wildman–Crippen LogP) is 4.51. The monoisotopic (exact) mass is 425 g/mol. The van der Waals surface area contributed by atoms with E-state index < -0.39 is 5.56 Å². The number of benzene rings is 2. The highest BCUT2D eigenvalue weighted by Gasteiger charge is 2.26. The van der Waals surface area contributed by atoms with E-state index in [2.05, 4.69) is 4.98 Å². The minimum absolute atomic E-state index is 0.00981. The smallest absolute Gasteiger partial charge is 0.264 e. The molecule has 1 aromatic heterocycles. The number of ether oxygens (including phenoxy) is 1. The van der Waals surface area contributed by atoms with E-state index in [1.54, 1.807) is 25.9 Å². The molecular formula is C21H19N3O3S2. The molecule has 3 aromatic rings. The van der Waals surface area contributed by atoms with Gasteiger partial charge in [-0.2, -0.15) is 0 Å². The van der Waals surface area contributed by atoms with Crippen LogP contribution in [-0.2, 0) is 7.05 Å². The number of H-pyrrole nitrogens is 1. The van der Waals surface area contributed by atoms with Crippen LogP contribution in [0.3, 0.4) is 0 Å². The number of aliphatic imine (C=N–C) groups is 1. The fourth-order valence-corrected chi connectivity index (χ4v) is 4.65. The van der Waals surface area contributed by atoms with Gasteiger partial charge >= 0.3 is 0 Å². The summed E-state index contributed by atoms with van der Waals surface area (Å²) in [6.07, 6.45) is 0.471. The van der Waals surface area contributed by atoms with Crippen LogP contribution in [0.25, 0.3) is 0 Å². The van der Waals surface area contributed by atoms with Gasteiger partial charge < -0.3 is 9.84 Å². The van der Waals surface area contributed by atoms with E-state index in [0.29, 0.717) is 12.1 Å². The maximum Gasteiger partial charge on any atom is 0.264 e. The maximum absolute atomic E-state index is 12.7. The van der Waals surface area contributed by atoms with E-state index in [-0.39, 0.29) is 21.5 Å². The van der Waals surface area contributed by atoms with Crippen LogP contribution in [0.5, 0.6) is 11.6 Å². The molecule has 0 fully saturated rings. The molecule has 0 saturated heterocycles. The topological polar surface area (TPSA) is 79.6 Å². The van der Waals surface area contributed by atoms with E-state index in [9.17, 15) is 9.90 Å². The summed E-state index contributed by atoms with van der Waals surface area (Å²) in [6.45, 7) is 0. The Morgan fingerprint density at radius 2 is 1.97 bits per heavy atom. The van der Waals surface area contributed by atoms with Gasteiger partial charge in [0.15, 0.2) is 4.77 Å². The fourth-order valence-electron chi connectivity index (χ4n) is 3.24. The third-order valence-electron chi connectivity index (χ3n) is 4.84. The molecule has 2 aromatic carbocycles. The van der Waals surface area contributed by atoms with Gasteiger partial charge in [-0.05, 0) is 42.0 Å². The van der Waals surface area contributed by atoms with Crippen molar-refractivity contribution in [2.45, 2.75) is 16.6 Å². The number of nitrogens with one attached hydrogen (secondary N) is 1. The Morgan fingerprint density at radius 1 is 1.24 bits per heavy atom. The summed E-state index contributed by atoms with van der Waals surface area (Å²) in [5, 5.41) is 10.7. The molecule has 4 rings (SSSR count). The Kier molecular flexibility index (Phi) is 5.29. The zero-order valence-electron chi connectivity index (χ0n) is 15.9. The van der Waals surface area contributed by atoms with Crippen molar-refractivity contribution >= 4 is 35.4 Å². The quantitative estimate of drug-likeness (QED) is 0.604. The first-order valence-corrected chi connectivity index (χ1v) is 10.3. The van der Waals surface area contributed by atoms with Gasteiger partial charge in [0.2, 0.25) is 5.88 Å². The molecule has 0 saturated carbocycles. The normalized spacial score (nSPS) is 15.9. The van der Waals surface area contributed by atoms with Crippen molar-refractivity contribution in [3.63, 3.8) is 0 Å². The molecule has 29 heavy (non-hydrogen) atoms. The lowest BCUT2D eigenvalue weighted by atomic mass is 10.0. The lowest BCUT2D eigenvalue weighted by Gasteiger charge is -2.17. The molecule has 0 unspecified atom stereocenters. The van der Waals surface area contributed by atoms with Gasteiger partial charge in [0.1, 0.15) is 11.3 Å². The summed E-state index contributed by atoms with van der Waals surface area (Å²) in [5.41, 5.74) is 2.08. The Morgan fingerprint density at radius 3 is 2.69 bits per heavy atom. The van der Waals surface area contributed by atoms with Crippen molar-refractivity contribution in [2.75, 3.05) is 7.11 Å². The molecule has 148 valence electrons. The second-order valence-electron chi connectivity index (χ2n) is 6.63. The fraction of sp³-hybridized carbons (Fsp3) is 0.190. The largest absolute Gasteiger partial charge is 0.497 e. The van der Waals surface area contributed by atoms with Crippen LogP contribution >= 0.6 is 24.0 Å². The number of para-hydroxylation sites is 1. The molecule has 6 nitrogen and oxygen atoms in total. The molecule has 0 amide bonds. The number of nitrogens with zero attached hydrogens (tertiary/aromatic N) is 2. The Balaban J connectivity index is 1.87. The zero-order valence-corrected chi connectivity index (χ0v) is 17.5. The van der Waals surface area contributed by atoms with E-state index in [1.165, 1.54) is 4.57 Å². The lowest BCUT2D eigenvalue weighted by Crippen LogP contribution is -2.23. The summed E-state index contributed by atoms with van der Waals surface area (Å²) in [7, 11) is 3.24. The van der Waals surface area contributed by atoms with Crippen LogP contribution in [0.1, 0.15) is 22.8 Å². The number of thioether (sulfide) groups is 1. The highest BCUT2D eigenvalue weighted by atomic mass is 32.2. The molecule has 1 aliphatic rings. The zero-order chi connectivity index (χ0) is 20.5. The number of aromatic hydroxyl groups is 1. The second kappa shape index (κ2) is 7.88. The molecule has 0 spiro atoms. The van der Waals surface area contributed by atoms with Crippen LogP contribution in [0.15, 0.2) is 63.2 Å². The van der Waals surface area contributed by atoms with Crippen molar-refractivity contribution < 1.29 is 9.84 Å². The molecule has 8 heteroatoms. The molecule has 2 heterocycles. The number of methoxy groups -OCH3 is 1. The van der Waals surface area contributed by atoms with E-state index in [0.717, 1.165) is 21.9 Å². The van der Waals surface area contributed by atoms with Crippen molar-refractivity contribution in [3.05, 3.63) is 74.8 Å².